The summed E-state index contributed by atoms with van der Waals surface area (Å²) in [6.45, 7) is 1.78. The first kappa shape index (κ1) is 19.8. The van der Waals surface area contributed by atoms with Crippen LogP contribution in [0.4, 0.5) is 5.69 Å². The number of aromatic nitrogens is 2. The fourth-order valence-corrected chi connectivity index (χ4v) is 3.69. The Bertz CT molecular complexity index is 1330. The van der Waals surface area contributed by atoms with Gasteiger partial charge >= 0.3 is 0 Å². The molecule has 0 atom stereocenters. The highest BCUT2D eigenvalue weighted by molar-refractivity contribution is 9.10. The van der Waals surface area contributed by atoms with Crippen LogP contribution in [-0.4, -0.2) is 22.6 Å². The van der Waals surface area contributed by atoms with E-state index in [1.807, 2.05) is 24.3 Å². The fourth-order valence-electron chi connectivity index (χ4n) is 3.29. The molecule has 0 aliphatic carbocycles. The topological polar surface area (TPSA) is 73.2 Å². The van der Waals surface area contributed by atoms with Gasteiger partial charge in [-0.1, -0.05) is 34.1 Å². The smallest absolute Gasteiger partial charge is 0.265 e. The van der Waals surface area contributed by atoms with E-state index in [0.717, 1.165) is 4.47 Å². The van der Waals surface area contributed by atoms with Gasteiger partial charge in [0, 0.05) is 16.1 Å². The lowest BCUT2D eigenvalue weighted by Crippen LogP contribution is -2.22. The Morgan fingerprint density at radius 3 is 2.63 bits per heavy atom. The molecule has 0 spiro atoms. The molecule has 4 aromatic rings. The minimum Gasteiger partial charge on any atom is -0.494 e. The third kappa shape index (κ3) is 3.71. The molecule has 7 heteroatoms. The summed E-state index contributed by atoms with van der Waals surface area (Å²) in [6, 6.07) is 19.5. The van der Waals surface area contributed by atoms with Gasteiger partial charge in [-0.25, -0.2) is 4.98 Å². The second kappa shape index (κ2) is 8.12. The number of fused-ring (bicyclic) bond motifs is 1. The highest BCUT2D eigenvalue weighted by atomic mass is 79.9. The molecule has 1 aromatic heterocycles. The van der Waals surface area contributed by atoms with Gasteiger partial charge in [0.15, 0.2) is 0 Å². The maximum Gasteiger partial charge on any atom is 0.265 e. The SMILES string of the molecule is COc1cc(-n2c(C)nc3ccccc3c2=O)ccc1NC(=O)c1cccc(Br)c1. The quantitative estimate of drug-likeness (QED) is 0.475. The van der Waals surface area contributed by atoms with Crippen molar-refractivity contribution < 1.29 is 9.53 Å². The molecule has 0 unspecified atom stereocenters. The van der Waals surface area contributed by atoms with Gasteiger partial charge in [-0.2, -0.15) is 0 Å². The Hall–Kier alpha value is -3.45. The lowest BCUT2D eigenvalue weighted by Gasteiger charge is -2.15. The van der Waals surface area contributed by atoms with Crippen molar-refractivity contribution in [3.05, 3.63) is 92.9 Å². The number of carbonyl (C=O) groups is 1. The molecule has 1 N–H and O–H groups in total. The molecular weight excluding hydrogens is 446 g/mol. The molecule has 1 heterocycles. The number of amides is 1. The standard InChI is InChI=1S/C23H18BrN3O3/c1-14-25-19-9-4-3-8-18(19)23(29)27(14)17-10-11-20(21(13-17)30-2)26-22(28)15-6-5-7-16(24)12-15/h3-13H,1-2H3,(H,26,28). The van der Waals surface area contributed by atoms with Gasteiger partial charge < -0.3 is 10.1 Å². The van der Waals surface area contributed by atoms with Gasteiger partial charge in [-0.15, -0.1) is 0 Å². The number of ether oxygens (including phenoxy) is 1. The molecule has 4 rings (SSSR count). The van der Waals surface area contributed by atoms with E-state index >= 15 is 0 Å². The lowest BCUT2D eigenvalue weighted by molar-refractivity contribution is 0.102. The van der Waals surface area contributed by atoms with E-state index in [9.17, 15) is 9.59 Å². The number of rotatable bonds is 4. The largest absolute Gasteiger partial charge is 0.494 e. The van der Waals surface area contributed by atoms with Crippen LogP contribution in [-0.2, 0) is 0 Å². The van der Waals surface area contributed by atoms with Crippen molar-refractivity contribution in [2.45, 2.75) is 6.92 Å². The zero-order valence-corrected chi connectivity index (χ0v) is 17.9. The van der Waals surface area contributed by atoms with Crippen LogP contribution in [0.5, 0.6) is 5.75 Å². The van der Waals surface area contributed by atoms with Gasteiger partial charge in [-0.3, -0.25) is 14.2 Å². The number of hydrogen-bond acceptors (Lipinski definition) is 4. The van der Waals surface area contributed by atoms with Gasteiger partial charge in [0.05, 0.1) is 29.4 Å². The number of methoxy groups -OCH3 is 1. The van der Waals surface area contributed by atoms with E-state index in [0.29, 0.717) is 39.4 Å². The van der Waals surface area contributed by atoms with Crippen LogP contribution in [0.25, 0.3) is 16.6 Å². The van der Waals surface area contributed by atoms with Crippen LogP contribution in [0.15, 0.2) is 76.0 Å². The lowest BCUT2D eigenvalue weighted by atomic mass is 10.2. The third-order valence-electron chi connectivity index (χ3n) is 4.72. The molecule has 3 aromatic carbocycles. The number of benzene rings is 3. The first-order valence-corrected chi connectivity index (χ1v) is 10.0. The summed E-state index contributed by atoms with van der Waals surface area (Å²) >= 11 is 3.37. The van der Waals surface area contributed by atoms with Crippen molar-refractivity contribution in [2.75, 3.05) is 12.4 Å². The summed E-state index contributed by atoms with van der Waals surface area (Å²) in [6.07, 6.45) is 0. The summed E-state index contributed by atoms with van der Waals surface area (Å²) in [5, 5.41) is 3.39. The molecule has 0 aliphatic rings. The minimum absolute atomic E-state index is 0.161. The number of aryl methyl sites for hydroxylation is 1. The summed E-state index contributed by atoms with van der Waals surface area (Å²) in [4.78, 5) is 30.2. The maximum atomic E-state index is 13.0. The molecule has 6 nitrogen and oxygen atoms in total. The van der Waals surface area contributed by atoms with Crippen LogP contribution in [0.1, 0.15) is 16.2 Å². The highest BCUT2D eigenvalue weighted by Gasteiger charge is 2.14. The van der Waals surface area contributed by atoms with E-state index in [4.69, 9.17) is 4.74 Å². The normalized spacial score (nSPS) is 10.8. The van der Waals surface area contributed by atoms with Gasteiger partial charge in [0.25, 0.3) is 11.5 Å². The van der Waals surface area contributed by atoms with Crippen molar-refractivity contribution in [3.63, 3.8) is 0 Å². The van der Waals surface area contributed by atoms with Crippen LogP contribution >= 0.6 is 15.9 Å². The zero-order valence-electron chi connectivity index (χ0n) is 16.3. The molecular formula is C23H18BrN3O3. The Morgan fingerprint density at radius 2 is 1.87 bits per heavy atom. The van der Waals surface area contributed by atoms with Crippen molar-refractivity contribution >= 4 is 38.4 Å². The van der Waals surface area contributed by atoms with E-state index in [1.165, 1.54) is 11.7 Å². The number of para-hydroxylation sites is 1. The average molecular weight is 464 g/mol. The third-order valence-corrected chi connectivity index (χ3v) is 5.21. The molecule has 1 amide bonds. The number of anilines is 1. The van der Waals surface area contributed by atoms with Crippen molar-refractivity contribution in [2.24, 2.45) is 0 Å². The number of nitrogens with zero attached hydrogens (tertiary/aromatic N) is 2. The van der Waals surface area contributed by atoms with Crippen molar-refractivity contribution in [3.8, 4) is 11.4 Å². The predicted octanol–water partition coefficient (Wildman–Crippen LogP) is 4.72. The first-order valence-electron chi connectivity index (χ1n) is 9.21. The molecule has 150 valence electrons. The zero-order chi connectivity index (χ0) is 21.3. The van der Waals surface area contributed by atoms with Gasteiger partial charge in [-0.05, 0) is 49.4 Å². The van der Waals surface area contributed by atoms with Crippen LogP contribution < -0.4 is 15.6 Å². The molecule has 0 saturated heterocycles. The Kier molecular flexibility index (Phi) is 5.37. The van der Waals surface area contributed by atoms with Crippen molar-refractivity contribution in [1.82, 2.24) is 9.55 Å². The summed E-state index contributed by atoms with van der Waals surface area (Å²) in [7, 11) is 1.52. The number of nitrogens with one attached hydrogen (secondary N) is 1. The molecule has 0 aliphatic heterocycles. The second-order valence-corrected chi connectivity index (χ2v) is 7.58. The van der Waals surface area contributed by atoms with Gasteiger partial charge in [0.1, 0.15) is 11.6 Å². The van der Waals surface area contributed by atoms with E-state index in [-0.39, 0.29) is 11.5 Å². The molecule has 30 heavy (non-hydrogen) atoms. The van der Waals surface area contributed by atoms with Crippen molar-refractivity contribution in [1.29, 1.82) is 0 Å². The minimum atomic E-state index is -0.261. The first-order chi connectivity index (χ1) is 14.5. The van der Waals surface area contributed by atoms with Crippen LogP contribution in [0, 0.1) is 6.92 Å². The fraction of sp³-hybridized carbons (Fsp3) is 0.0870. The Morgan fingerprint density at radius 1 is 1.07 bits per heavy atom. The van der Waals surface area contributed by atoms with E-state index < -0.39 is 0 Å². The van der Waals surface area contributed by atoms with E-state index in [2.05, 4.69) is 26.2 Å². The summed E-state index contributed by atoms with van der Waals surface area (Å²) in [5.74, 6) is 0.741. The summed E-state index contributed by atoms with van der Waals surface area (Å²) < 4.78 is 7.82. The Balaban J connectivity index is 1.74. The molecule has 0 saturated carbocycles. The van der Waals surface area contributed by atoms with E-state index in [1.54, 1.807) is 49.4 Å². The van der Waals surface area contributed by atoms with Gasteiger partial charge in [0.2, 0.25) is 0 Å². The van der Waals surface area contributed by atoms with Crippen LogP contribution in [0.2, 0.25) is 0 Å². The predicted molar refractivity (Wildman–Crippen MR) is 121 cm³/mol. The monoisotopic (exact) mass is 463 g/mol. The highest BCUT2D eigenvalue weighted by Crippen LogP contribution is 2.28. The number of hydrogen-bond donors (Lipinski definition) is 1. The van der Waals surface area contributed by atoms with Crippen LogP contribution in [0.3, 0.4) is 0 Å². The molecule has 0 radical (unpaired) electrons. The Labute approximate surface area is 181 Å². The summed E-state index contributed by atoms with van der Waals surface area (Å²) in [5.41, 5.74) is 2.12. The maximum absolute atomic E-state index is 13.0. The average Bonchev–Trinajstić information content (AvgIpc) is 2.74. The number of carbonyl (C=O) groups excluding carboxylic acids is 1. The number of halogens is 1. The molecule has 0 fully saturated rings. The second-order valence-electron chi connectivity index (χ2n) is 6.67. The molecule has 0 bridgehead atoms.